The number of aliphatic hydroxyl groups is 1. The van der Waals surface area contributed by atoms with Crippen LogP contribution in [-0.4, -0.2) is 35.7 Å². The maximum absolute atomic E-state index is 9.10. The summed E-state index contributed by atoms with van der Waals surface area (Å²) in [5, 5.41) is 9.10. The lowest BCUT2D eigenvalue weighted by Crippen LogP contribution is -2.43. The molecule has 0 aliphatic carbocycles. The Bertz CT molecular complexity index is 148. The Morgan fingerprint density at radius 2 is 2.00 bits per heavy atom. The van der Waals surface area contributed by atoms with Gasteiger partial charge in [0.1, 0.15) is 0 Å². The van der Waals surface area contributed by atoms with Crippen LogP contribution in [0, 0.1) is 5.92 Å². The fourth-order valence-corrected chi connectivity index (χ4v) is 2.77. The van der Waals surface area contributed by atoms with Gasteiger partial charge < -0.3 is 10.0 Å². The highest BCUT2D eigenvalue weighted by Gasteiger charge is 2.39. The topological polar surface area (TPSA) is 23.5 Å². The molecule has 2 bridgehead atoms. The summed E-state index contributed by atoms with van der Waals surface area (Å²) in [6.07, 6.45) is 5.22. The molecule has 2 nitrogen and oxygen atoms in total. The number of hydrogen-bond acceptors (Lipinski definition) is 2. The van der Waals surface area contributed by atoms with Crippen molar-refractivity contribution in [2.75, 3.05) is 13.7 Å². The lowest BCUT2D eigenvalue weighted by molar-refractivity contribution is 0.0775. The van der Waals surface area contributed by atoms with Crippen molar-refractivity contribution in [1.29, 1.82) is 0 Å². The second-order valence-corrected chi connectivity index (χ2v) is 3.98. The van der Waals surface area contributed by atoms with Gasteiger partial charge in [-0.25, -0.2) is 0 Å². The van der Waals surface area contributed by atoms with Crippen LogP contribution in [0.25, 0.3) is 0 Å². The van der Waals surface area contributed by atoms with Crippen molar-refractivity contribution >= 4 is 0 Å². The number of rotatable bonds is 1. The Morgan fingerprint density at radius 1 is 1.27 bits per heavy atom. The van der Waals surface area contributed by atoms with E-state index in [-0.39, 0.29) is 0 Å². The van der Waals surface area contributed by atoms with Gasteiger partial charge in [0.25, 0.3) is 0 Å². The predicted octanol–water partition coefficient (Wildman–Crippen LogP) is 0.851. The van der Waals surface area contributed by atoms with Gasteiger partial charge in [0.15, 0.2) is 0 Å². The molecule has 1 N–H and O–H groups in total. The number of nitrogens with zero attached hydrogens (tertiary/aromatic N) is 1. The van der Waals surface area contributed by atoms with Gasteiger partial charge in [-0.2, -0.15) is 0 Å². The molecule has 0 saturated carbocycles. The highest BCUT2D eigenvalue weighted by atomic mass is 16.3. The van der Waals surface area contributed by atoms with E-state index < -0.39 is 0 Å². The second kappa shape index (κ2) is 2.76. The van der Waals surface area contributed by atoms with E-state index in [9.17, 15) is 0 Å². The van der Waals surface area contributed by atoms with Crippen LogP contribution < -0.4 is 0 Å². The summed E-state index contributed by atoms with van der Waals surface area (Å²) >= 11 is 0. The molecule has 0 aromatic rings. The van der Waals surface area contributed by atoms with Crippen molar-refractivity contribution in [3.05, 3.63) is 0 Å². The van der Waals surface area contributed by atoms with Crippen LogP contribution in [0.5, 0.6) is 0 Å². The minimum absolute atomic E-state index is 0.391. The van der Waals surface area contributed by atoms with E-state index in [1.807, 2.05) is 0 Å². The van der Waals surface area contributed by atoms with Gasteiger partial charge in [0.2, 0.25) is 0 Å². The molecule has 0 aromatic heterocycles. The van der Waals surface area contributed by atoms with Crippen molar-refractivity contribution in [2.45, 2.75) is 37.8 Å². The van der Waals surface area contributed by atoms with Crippen LogP contribution in [0.15, 0.2) is 0 Å². The molecular formula is C9H17NO. The zero-order chi connectivity index (χ0) is 7.84. The molecule has 0 spiro atoms. The van der Waals surface area contributed by atoms with Crippen LogP contribution in [0.2, 0.25) is 0 Å². The highest BCUT2D eigenvalue weighted by molar-refractivity contribution is 4.94. The van der Waals surface area contributed by atoms with Crippen LogP contribution in [0.1, 0.15) is 25.7 Å². The molecule has 2 rings (SSSR count). The third-order valence-electron chi connectivity index (χ3n) is 3.54. The standard InChI is InChI=1S/C9H17NO/c1-10-8-3-2-7(6-11)9(10)5-4-8/h7-9,11H,2-6H2,1H3/t7-,8?,9?/m0/s1. The summed E-state index contributed by atoms with van der Waals surface area (Å²) in [6.45, 7) is 0.391. The number of piperidine rings is 1. The maximum Gasteiger partial charge on any atom is 0.0474 e. The summed E-state index contributed by atoms with van der Waals surface area (Å²) in [5.41, 5.74) is 0. The third kappa shape index (κ3) is 1.09. The van der Waals surface area contributed by atoms with E-state index in [4.69, 9.17) is 5.11 Å². The van der Waals surface area contributed by atoms with E-state index in [2.05, 4.69) is 11.9 Å². The zero-order valence-electron chi connectivity index (χ0n) is 7.16. The van der Waals surface area contributed by atoms with Crippen LogP contribution in [0.3, 0.4) is 0 Å². The quantitative estimate of drug-likeness (QED) is 0.607. The first-order valence-electron chi connectivity index (χ1n) is 4.65. The fraction of sp³-hybridized carbons (Fsp3) is 1.00. The zero-order valence-corrected chi connectivity index (χ0v) is 7.16. The van der Waals surface area contributed by atoms with E-state index in [1.165, 1.54) is 25.7 Å². The van der Waals surface area contributed by atoms with Crippen LogP contribution >= 0.6 is 0 Å². The van der Waals surface area contributed by atoms with E-state index in [0.717, 1.165) is 6.04 Å². The minimum atomic E-state index is 0.391. The summed E-state index contributed by atoms with van der Waals surface area (Å²) in [6, 6.07) is 1.53. The molecule has 2 saturated heterocycles. The third-order valence-corrected chi connectivity index (χ3v) is 3.54. The molecule has 2 fully saturated rings. The molecule has 2 unspecified atom stereocenters. The molecular weight excluding hydrogens is 138 g/mol. The molecule has 2 aliphatic heterocycles. The Labute approximate surface area is 68.2 Å². The SMILES string of the molecule is CN1C2CCC1[C@H](CO)CC2. The first-order chi connectivity index (χ1) is 5.33. The Morgan fingerprint density at radius 3 is 2.73 bits per heavy atom. The molecule has 2 aliphatic rings. The summed E-state index contributed by atoms with van der Waals surface area (Å²) in [4.78, 5) is 2.48. The average Bonchev–Trinajstić information content (AvgIpc) is 2.31. The monoisotopic (exact) mass is 155 g/mol. The predicted molar refractivity (Wildman–Crippen MR) is 44.4 cm³/mol. The van der Waals surface area contributed by atoms with Gasteiger partial charge in [-0.15, -0.1) is 0 Å². The van der Waals surface area contributed by atoms with E-state index in [1.54, 1.807) is 0 Å². The Kier molecular flexibility index (Phi) is 1.90. The minimum Gasteiger partial charge on any atom is -0.396 e. The molecule has 3 atom stereocenters. The smallest absolute Gasteiger partial charge is 0.0474 e. The normalized spacial score (nSPS) is 44.7. The Balaban J connectivity index is 2.08. The van der Waals surface area contributed by atoms with E-state index >= 15 is 0 Å². The molecule has 2 heterocycles. The fourth-order valence-electron chi connectivity index (χ4n) is 2.77. The molecule has 2 heteroatoms. The van der Waals surface area contributed by atoms with Crippen LogP contribution in [0.4, 0.5) is 0 Å². The number of aliphatic hydroxyl groups excluding tert-OH is 1. The highest BCUT2D eigenvalue weighted by Crippen LogP contribution is 2.37. The first-order valence-corrected chi connectivity index (χ1v) is 4.65. The lowest BCUT2D eigenvalue weighted by atomic mass is 9.91. The van der Waals surface area contributed by atoms with Crippen LogP contribution in [-0.2, 0) is 0 Å². The molecule has 11 heavy (non-hydrogen) atoms. The first kappa shape index (κ1) is 7.56. The largest absolute Gasteiger partial charge is 0.396 e. The van der Waals surface area contributed by atoms with Gasteiger partial charge in [-0.3, -0.25) is 0 Å². The maximum atomic E-state index is 9.10. The molecule has 0 aromatic carbocycles. The Hall–Kier alpha value is -0.0800. The number of fused-ring (bicyclic) bond motifs is 2. The summed E-state index contributed by atoms with van der Waals surface area (Å²) < 4.78 is 0. The lowest BCUT2D eigenvalue weighted by Gasteiger charge is -2.36. The van der Waals surface area contributed by atoms with Crippen molar-refractivity contribution < 1.29 is 5.11 Å². The van der Waals surface area contributed by atoms with Gasteiger partial charge in [0.05, 0.1) is 0 Å². The summed E-state index contributed by atoms with van der Waals surface area (Å²) in [7, 11) is 2.21. The van der Waals surface area contributed by atoms with Gasteiger partial charge in [-0.05, 0) is 38.6 Å². The molecule has 0 amide bonds. The van der Waals surface area contributed by atoms with Crippen molar-refractivity contribution in [3.8, 4) is 0 Å². The molecule has 0 radical (unpaired) electrons. The van der Waals surface area contributed by atoms with Crippen molar-refractivity contribution in [1.82, 2.24) is 4.90 Å². The average molecular weight is 155 g/mol. The van der Waals surface area contributed by atoms with Gasteiger partial charge in [0, 0.05) is 18.7 Å². The second-order valence-electron chi connectivity index (χ2n) is 3.98. The summed E-state index contributed by atoms with van der Waals surface area (Å²) in [5.74, 6) is 0.568. The van der Waals surface area contributed by atoms with Gasteiger partial charge in [-0.1, -0.05) is 0 Å². The van der Waals surface area contributed by atoms with Crippen molar-refractivity contribution in [2.24, 2.45) is 5.92 Å². The van der Waals surface area contributed by atoms with E-state index in [0.29, 0.717) is 18.6 Å². The van der Waals surface area contributed by atoms with Gasteiger partial charge >= 0.3 is 0 Å². The van der Waals surface area contributed by atoms with Crippen molar-refractivity contribution in [3.63, 3.8) is 0 Å². The molecule has 64 valence electrons. The number of hydrogen-bond donors (Lipinski definition) is 1.